The summed E-state index contributed by atoms with van der Waals surface area (Å²) >= 11 is 5.13. The Hall–Kier alpha value is -1.53. The number of benzene rings is 1. The molecule has 1 aliphatic heterocycles. The Balaban J connectivity index is 1.78. The summed E-state index contributed by atoms with van der Waals surface area (Å²) in [4.78, 5) is 0. The lowest BCUT2D eigenvalue weighted by atomic mass is 10.2. The van der Waals surface area contributed by atoms with Gasteiger partial charge in [0.05, 0.1) is 6.61 Å². The van der Waals surface area contributed by atoms with Gasteiger partial charge in [0.1, 0.15) is 0 Å². The third kappa shape index (κ3) is 3.48. The van der Waals surface area contributed by atoms with Gasteiger partial charge in [0, 0.05) is 20.2 Å². The molecule has 0 saturated carbocycles. The van der Waals surface area contributed by atoms with E-state index in [0.29, 0.717) is 31.6 Å². The molecule has 0 atom stereocenters. The molecule has 98 valence electrons. The van der Waals surface area contributed by atoms with Gasteiger partial charge in [-0.3, -0.25) is 0 Å². The van der Waals surface area contributed by atoms with Gasteiger partial charge < -0.3 is 24.8 Å². The molecule has 0 amide bonds. The molecule has 1 heterocycles. The number of hydrogen-bond acceptors (Lipinski definition) is 4. The van der Waals surface area contributed by atoms with E-state index in [-0.39, 0.29) is 0 Å². The van der Waals surface area contributed by atoms with Crippen LogP contribution < -0.4 is 20.1 Å². The molecule has 0 radical (unpaired) electrons. The third-order valence-corrected chi connectivity index (χ3v) is 2.77. The zero-order valence-electron chi connectivity index (χ0n) is 10.2. The lowest BCUT2D eigenvalue weighted by Gasteiger charge is -2.10. The highest BCUT2D eigenvalue weighted by Crippen LogP contribution is 2.32. The largest absolute Gasteiger partial charge is 0.454 e. The van der Waals surface area contributed by atoms with E-state index >= 15 is 0 Å². The van der Waals surface area contributed by atoms with Crippen LogP contribution in [0.3, 0.4) is 0 Å². The number of rotatable bonds is 5. The normalized spacial score (nSPS) is 12.3. The summed E-state index contributed by atoms with van der Waals surface area (Å²) in [5.41, 5.74) is 1.09. The number of fused-ring (bicyclic) bond motifs is 1. The fourth-order valence-electron chi connectivity index (χ4n) is 1.56. The summed E-state index contributed by atoms with van der Waals surface area (Å²) < 4.78 is 15.5. The molecule has 5 nitrogen and oxygen atoms in total. The molecule has 0 unspecified atom stereocenters. The van der Waals surface area contributed by atoms with Gasteiger partial charge >= 0.3 is 0 Å². The quantitative estimate of drug-likeness (QED) is 0.614. The Morgan fingerprint density at radius 1 is 1.33 bits per heavy atom. The van der Waals surface area contributed by atoms with Gasteiger partial charge in [0.15, 0.2) is 16.6 Å². The van der Waals surface area contributed by atoms with Crippen molar-refractivity contribution in [3.05, 3.63) is 23.8 Å². The average Bonchev–Trinajstić information content (AvgIpc) is 2.84. The Morgan fingerprint density at radius 3 is 3.00 bits per heavy atom. The van der Waals surface area contributed by atoms with Crippen molar-refractivity contribution in [3.8, 4) is 11.5 Å². The van der Waals surface area contributed by atoms with Crippen LogP contribution >= 0.6 is 12.2 Å². The Labute approximate surface area is 111 Å². The third-order valence-electron chi connectivity index (χ3n) is 2.48. The van der Waals surface area contributed by atoms with E-state index in [0.717, 1.165) is 17.1 Å². The maximum absolute atomic E-state index is 5.31. The second kappa shape index (κ2) is 6.42. The first-order valence-corrected chi connectivity index (χ1v) is 6.09. The first kappa shape index (κ1) is 12.9. The molecular formula is C12H16N2O3S. The van der Waals surface area contributed by atoms with Gasteiger partial charge in [0.25, 0.3) is 0 Å². The highest BCUT2D eigenvalue weighted by molar-refractivity contribution is 7.80. The van der Waals surface area contributed by atoms with Gasteiger partial charge in [-0.15, -0.1) is 0 Å². The van der Waals surface area contributed by atoms with Crippen molar-refractivity contribution in [3.63, 3.8) is 0 Å². The maximum Gasteiger partial charge on any atom is 0.231 e. The van der Waals surface area contributed by atoms with Crippen molar-refractivity contribution in [2.75, 3.05) is 27.1 Å². The van der Waals surface area contributed by atoms with Crippen LogP contribution in [0.5, 0.6) is 11.5 Å². The monoisotopic (exact) mass is 268 g/mol. The SMILES string of the molecule is COCCNC(=S)NCc1ccc2c(c1)OCO2. The minimum atomic E-state index is 0.295. The van der Waals surface area contributed by atoms with Gasteiger partial charge in [-0.1, -0.05) is 6.07 Å². The van der Waals surface area contributed by atoms with Crippen LogP contribution in [0.15, 0.2) is 18.2 Å². The van der Waals surface area contributed by atoms with Crippen molar-refractivity contribution < 1.29 is 14.2 Å². The van der Waals surface area contributed by atoms with E-state index in [9.17, 15) is 0 Å². The molecule has 0 saturated heterocycles. The summed E-state index contributed by atoms with van der Waals surface area (Å²) in [6.45, 7) is 2.27. The molecule has 1 aliphatic rings. The van der Waals surface area contributed by atoms with Gasteiger partial charge in [-0.2, -0.15) is 0 Å². The fourth-order valence-corrected chi connectivity index (χ4v) is 1.74. The molecule has 0 aromatic heterocycles. The van der Waals surface area contributed by atoms with Crippen molar-refractivity contribution in [2.45, 2.75) is 6.54 Å². The first-order chi connectivity index (χ1) is 8.79. The molecule has 6 heteroatoms. The van der Waals surface area contributed by atoms with E-state index < -0.39 is 0 Å². The van der Waals surface area contributed by atoms with Gasteiger partial charge in [-0.25, -0.2) is 0 Å². The highest BCUT2D eigenvalue weighted by Gasteiger charge is 2.12. The molecule has 1 aromatic carbocycles. The molecular weight excluding hydrogens is 252 g/mol. The van der Waals surface area contributed by atoms with E-state index in [1.807, 2.05) is 18.2 Å². The first-order valence-electron chi connectivity index (χ1n) is 5.69. The van der Waals surface area contributed by atoms with Crippen molar-refractivity contribution in [1.29, 1.82) is 0 Å². The second-order valence-corrected chi connectivity index (χ2v) is 4.20. The average molecular weight is 268 g/mol. The lowest BCUT2D eigenvalue weighted by molar-refractivity contribution is 0.174. The predicted octanol–water partition coefficient (Wildman–Crippen LogP) is 1.03. The van der Waals surface area contributed by atoms with E-state index in [1.165, 1.54) is 0 Å². The molecule has 18 heavy (non-hydrogen) atoms. The minimum Gasteiger partial charge on any atom is -0.454 e. The summed E-state index contributed by atoms with van der Waals surface area (Å²) in [5.74, 6) is 1.58. The van der Waals surface area contributed by atoms with Crippen LogP contribution in [0.1, 0.15) is 5.56 Å². The minimum absolute atomic E-state index is 0.295. The van der Waals surface area contributed by atoms with E-state index in [1.54, 1.807) is 7.11 Å². The van der Waals surface area contributed by atoms with Crippen LogP contribution in [0, 0.1) is 0 Å². The molecule has 0 spiro atoms. The Bertz CT molecular complexity index is 426. The number of ether oxygens (including phenoxy) is 3. The zero-order chi connectivity index (χ0) is 12.8. The Kier molecular flexibility index (Phi) is 4.60. The predicted molar refractivity (Wildman–Crippen MR) is 71.9 cm³/mol. The maximum atomic E-state index is 5.31. The zero-order valence-corrected chi connectivity index (χ0v) is 11.0. The number of hydrogen-bond donors (Lipinski definition) is 2. The van der Waals surface area contributed by atoms with Gasteiger partial charge in [0.2, 0.25) is 6.79 Å². The van der Waals surface area contributed by atoms with Crippen LogP contribution in [0.4, 0.5) is 0 Å². The van der Waals surface area contributed by atoms with Crippen molar-refractivity contribution in [2.24, 2.45) is 0 Å². The molecule has 2 N–H and O–H groups in total. The summed E-state index contributed by atoms with van der Waals surface area (Å²) in [7, 11) is 1.66. The molecule has 2 rings (SSSR count). The van der Waals surface area contributed by atoms with E-state index in [2.05, 4.69) is 10.6 Å². The molecule has 0 bridgehead atoms. The molecule has 0 fully saturated rings. The van der Waals surface area contributed by atoms with Crippen LogP contribution in [-0.2, 0) is 11.3 Å². The number of thiocarbonyl (C=S) groups is 1. The van der Waals surface area contributed by atoms with Crippen LogP contribution in [0.25, 0.3) is 0 Å². The molecule has 0 aliphatic carbocycles. The Morgan fingerprint density at radius 2 is 2.17 bits per heavy atom. The highest BCUT2D eigenvalue weighted by atomic mass is 32.1. The summed E-state index contributed by atoms with van der Waals surface area (Å²) in [6.07, 6.45) is 0. The van der Waals surface area contributed by atoms with Gasteiger partial charge in [-0.05, 0) is 29.9 Å². The van der Waals surface area contributed by atoms with E-state index in [4.69, 9.17) is 26.4 Å². The fraction of sp³-hybridized carbons (Fsp3) is 0.417. The summed E-state index contributed by atoms with van der Waals surface area (Å²) in [5, 5.41) is 6.78. The van der Waals surface area contributed by atoms with Crippen LogP contribution in [-0.4, -0.2) is 32.2 Å². The number of methoxy groups -OCH3 is 1. The second-order valence-electron chi connectivity index (χ2n) is 3.79. The standard InChI is InChI=1S/C12H16N2O3S/c1-15-5-4-13-12(18)14-7-9-2-3-10-11(6-9)17-8-16-10/h2-3,6H,4-5,7-8H2,1H3,(H2,13,14,18). The topological polar surface area (TPSA) is 51.8 Å². The number of nitrogens with one attached hydrogen (secondary N) is 2. The smallest absolute Gasteiger partial charge is 0.231 e. The lowest BCUT2D eigenvalue weighted by Crippen LogP contribution is -2.36. The van der Waals surface area contributed by atoms with Crippen LogP contribution in [0.2, 0.25) is 0 Å². The summed E-state index contributed by atoms with van der Waals surface area (Å²) in [6, 6.07) is 5.84. The van der Waals surface area contributed by atoms with Crippen molar-refractivity contribution in [1.82, 2.24) is 10.6 Å². The molecule has 1 aromatic rings. The van der Waals surface area contributed by atoms with Crippen molar-refractivity contribution >= 4 is 17.3 Å².